The Hall–Kier alpha value is -5.80. The highest BCUT2D eigenvalue weighted by Gasteiger charge is 2.36. The molecule has 0 fully saturated rings. The van der Waals surface area contributed by atoms with E-state index in [0.29, 0.717) is 0 Å². The number of para-hydroxylation sites is 3. The van der Waals surface area contributed by atoms with Crippen LogP contribution < -0.4 is 14.5 Å². The van der Waals surface area contributed by atoms with Gasteiger partial charge in [0.1, 0.15) is 0 Å². The molecule has 0 bridgehead atoms. The third-order valence-electron chi connectivity index (χ3n) is 9.60. The molecule has 1 heterocycles. The summed E-state index contributed by atoms with van der Waals surface area (Å²) < 4.78 is 6.64. The molecule has 3 nitrogen and oxygen atoms in total. The maximum Gasteiger partial charge on any atom is 0.153 e. The van der Waals surface area contributed by atoms with Gasteiger partial charge in [-0.15, -0.1) is 0 Å². The number of nitrogens with zero attached hydrogens (tertiary/aromatic N) is 2. The summed E-state index contributed by atoms with van der Waals surface area (Å²) in [6.07, 6.45) is 0. The van der Waals surface area contributed by atoms with Crippen molar-refractivity contribution in [2.24, 2.45) is 0 Å². The largest absolute Gasteiger partial charge is 0.453 e. The first kappa shape index (κ1) is 26.6. The first-order valence-electron chi connectivity index (χ1n) is 15.9. The molecule has 0 saturated carbocycles. The molecule has 0 radical (unpaired) electrons. The van der Waals surface area contributed by atoms with Crippen molar-refractivity contribution in [1.29, 1.82) is 0 Å². The number of fused-ring (bicyclic) bond motifs is 6. The predicted octanol–water partition coefficient (Wildman–Crippen LogP) is 12.2. The number of rotatable bonds is 4. The quantitative estimate of drug-likeness (QED) is 0.202. The normalized spacial score (nSPS) is 13.7. The molecule has 220 valence electrons. The fourth-order valence-corrected chi connectivity index (χ4v) is 7.33. The molecule has 2 aliphatic rings. The summed E-state index contributed by atoms with van der Waals surface area (Å²) in [5, 5.41) is 2.43. The second-order valence-corrected chi connectivity index (χ2v) is 12.7. The summed E-state index contributed by atoms with van der Waals surface area (Å²) in [6, 6.07) is 56.4. The molecule has 7 aromatic rings. The van der Waals surface area contributed by atoms with E-state index in [1.807, 2.05) is 12.1 Å². The van der Waals surface area contributed by atoms with Gasteiger partial charge in [0.25, 0.3) is 0 Å². The van der Waals surface area contributed by atoms with Crippen LogP contribution in [0.1, 0.15) is 25.0 Å². The van der Waals surface area contributed by atoms with E-state index in [2.05, 4.69) is 169 Å². The van der Waals surface area contributed by atoms with Crippen LogP contribution in [0.5, 0.6) is 11.5 Å². The highest BCUT2D eigenvalue weighted by atomic mass is 16.5. The van der Waals surface area contributed by atoms with Gasteiger partial charge in [0.05, 0.1) is 11.4 Å². The SMILES string of the molecule is CC1(C)c2ccccc2-c2ccc(N(c3ccc4c(c3)Oc3ccccc3N4c3ccccc3)c3ccc4ccccc4c3)cc21. The lowest BCUT2D eigenvalue weighted by Gasteiger charge is -2.34. The number of hydrogen-bond donors (Lipinski definition) is 0. The third-order valence-corrected chi connectivity index (χ3v) is 9.60. The van der Waals surface area contributed by atoms with Crippen LogP contribution in [0.15, 0.2) is 158 Å². The fourth-order valence-electron chi connectivity index (χ4n) is 7.33. The zero-order valence-corrected chi connectivity index (χ0v) is 25.8. The number of hydrogen-bond acceptors (Lipinski definition) is 3. The molecule has 0 spiro atoms. The molecule has 1 aliphatic heterocycles. The predicted molar refractivity (Wildman–Crippen MR) is 191 cm³/mol. The average molecular weight is 593 g/mol. The van der Waals surface area contributed by atoms with Crippen molar-refractivity contribution >= 4 is 44.9 Å². The van der Waals surface area contributed by atoms with E-state index in [4.69, 9.17) is 4.74 Å². The maximum atomic E-state index is 6.64. The van der Waals surface area contributed by atoms with Crippen molar-refractivity contribution in [2.45, 2.75) is 19.3 Å². The standard InChI is InChI=1S/C43H32N2O/c1-43(2)37-17-9-8-16-35(37)36-24-22-33(27-38(36)43)44(32-21-20-29-12-6-7-13-30(29)26-32)34-23-25-40-42(28-34)46-41-19-11-10-18-39(41)45(40)31-14-4-3-5-15-31/h3-28H,1-2H3. The van der Waals surface area contributed by atoms with E-state index in [1.54, 1.807) is 0 Å². The summed E-state index contributed by atoms with van der Waals surface area (Å²) in [4.78, 5) is 4.65. The Morgan fingerprint density at radius 1 is 0.478 bits per heavy atom. The summed E-state index contributed by atoms with van der Waals surface area (Å²) in [5.74, 6) is 1.66. The van der Waals surface area contributed by atoms with Gasteiger partial charge in [-0.1, -0.05) is 105 Å². The van der Waals surface area contributed by atoms with Crippen LogP contribution in [0.3, 0.4) is 0 Å². The van der Waals surface area contributed by atoms with Gasteiger partial charge < -0.3 is 14.5 Å². The van der Waals surface area contributed by atoms with Gasteiger partial charge in [0.15, 0.2) is 11.5 Å². The molecule has 0 amide bonds. The Morgan fingerprint density at radius 2 is 1.11 bits per heavy atom. The molecule has 9 rings (SSSR count). The van der Waals surface area contributed by atoms with E-state index in [1.165, 1.54) is 33.0 Å². The first-order chi connectivity index (χ1) is 22.6. The van der Waals surface area contributed by atoms with Crippen LogP contribution in [0.2, 0.25) is 0 Å². The summed E-state index contributed by atoms with van der Waals surface area (Å²) >= 11 is 0. The lowest BCUT2D eigenvalue weighted by atomic mass is 9.82. The monoisotopic (exact) mass is 592 g/mol. The second-order valence-electron chi connectivity index (χ2n) is 12.7. The third kappa shape index (κ3) is 4.05. The maximum absolute atomic E-state index is 6.64. The van der Waals surface area contributed by atoms with Crippen LogP contribution in [-0.2, 0) is 5.41 Å². The van der Waals surface area contributed by atoms with Gasteiger partial charge in [0.2, 0.25) is 0 Å². The number of ether oxygens (including phenoxy) is 1. The van der Waals surface area contributed by atoms with E-state index in [9.17, 15) is 0 Å². The van der Waals surface area contributed by atoms with Gasteiger partial charge in [-0.2, -0.15) is 0 Å². The minimum atomic E-state index is -0.101. The number of anilines is 6. The van der Waals surface area contributed by atoms with E-state index >= 15 is 0 Å². The second kappa shape index (κ2) is 10.1. The van der Waals surface area contributed by atoms with Crippen LogP contribution in [0.4, 0.5) is 34.1 Å². The van der Waals surface area contributed by atoms with Crippen LogP contribution in [0, 0.1) is 0 Å². The van der Waals surface area contributed by atoms with Gasteiger partial charge in [-0.25, -0.2) is 0 Å². The minimum absolute atomic E-state index is 0.101. The summed E-state index contributed by atoms with van der Waals surface area (Å²) in [6.45, 7) is 4.67. The molecular weight excluding hydrogens is 560 g/mol. The molecule has 46 heavy (non-hydrogen) atoms. The van der Waals surface area contributed by atoms with Crippen molar-refractivity contribution in [2.75, 3.05) is 9.80 Å². The van der Waals surface area contributed by atoms with Gasteiger partial charge in [-0.05, 0) is 93.7 Å². The lowest BCUT2D eigenvalue weighted by molar-refractivity contribution is 0.477. The minimum Gasteiger partial charge on any atom is -0.453 e. The van der Waals surface area contributed by atoms with Gasteiger partial charge >= 0.3 is 0 Å². The van der Waals surface area contributed by atoms with Crippen molar-refractivity contribution in [3.63, 3.8) is 0 Å². The summed E-state index contributed by atoms with van der Waals surface area (Å²) in [5.41, 5.74) is 11.6. The molecule has 3 heteroatoms. The van der Waals surface area contributed by atoms with Crippen LogP contribution in [-0.4, -0.2) is 0 Å². The van der Waals surface area contributed by atoms with Crippen molar-refractivity contribution in [1.82, 2.24) is 0 Å². The van der Waals surface area contributed by atoms with Crippen molar-refractivity contribution in [3.8, 4) is 22.6 Å². The average Bonchev–Trinajstić information content (AvgIpc) is 3.33. The van der Waals surface area contributed by atoms with Crippen LogP contribution in [0.25, 0.3) is 21.9 Å². The first-order valence-corrected chi connectivity index (χ1v) is 15.9. The topological polar surface area (TPSA) is 15.7 Å². The Kier molecular flexibility index (Phi) is 5.85. The zero-order chi connectivity index (χ0) is 30.8. The number of benzene rings is 7. The Balaban J connectivity index is 1.23. The molecule has 0 aromatic heterocycles. The molecule has 0 unspecified atom stereocenters. The molecule has 0 atom stereocenters. The lowest BCUT2D eigenvalue weighted by Crippen LogP contribution is -2.18. The van der Waals surface area contributed by atoms with E-state index in [0.717, 1.165) is 45.6 Å². The smallest absolute Gasteiger partial charge is 0.153 e. The summed E-state index contributed by atoms with van der Waals surface area (Å²) in [7, 11) is 0. The highest BCUT2D eigenvalue weighted by Crippen LogP contribution is 2.54. The molecule has 0 N–H and O–H groups in total. The van der Waals surface area contributed by atoms with E-state index < -0.39 is 0 Å². The Morgan fingerprint density at radius 3 is 2.00 bits per heavy atom. The van der Waals surface area contributed by atoms with Gasteiger partial charge in [-0.3, -0.25) is 0 Å². The Labute approximate surface area is 269 Å². The van der Waals surface area contributed by atoms with Gasteiger partial charge in [0, 0.05) is 34.2 Å². The molecule has 7 aromatic carbocycles. The van der Waals surface area contributed by atoms with E-state index in [-0.39, 0.29) is 5.41 Å². The molecule has 0 saturated heterocycles. The van der Waals surface area contributed by atoms with Crippen molar-refractivity contribution < 1.29 is 4.74 Å². The Bertz CT molecular complexity index is 2290. The van der Waals surface area contributed by atoms with Crippen molar-refractivity contribution in [3.05, 3.63) is 169 Å². The molecular formula is C43H32N2O. The fraction of sp³-hybridized carbons (Fsp3) is 0.0698. The van der Waals surface area contributed by atoms with Crippen LogP contribution >= 0.6 is 0 Å². The highest BCUT2D eigenvalue weighted by molar-refractivity contribution is 5.93. The molecule has 1 aliphatic carbocycles. The zero-order valence-electron chi connectivity index (χ0n) is 25.8.